The lowest BCUT2D eigenvalue weighted by Crippen LogP contribution is -2.38. The van der Waals surface area contributed by atoms with Crippen molar-refractivity contribution in [2.24, 2.45) is 5.92 Å². The van der Waals surface area contributed by atoms with Crippen molar-refractivity contribution in [2.45, 2.75) is 48.8 Å². The van der Waals surface area contributed by atoms with E-state index in [2.05, 4.69) is 42.5 Å². The molecule has 8 rings (SSSR count). The highest BCUT2D eigenvalue weighted by Crippen LogP contribution is 2.56. The lowest BCUT2D eigenvalue weighted by molar-refractivity contribution is -0.140. The number of carbonyl (C=O) groups excluding carboxylic acids is 1. The minimum atomic E-state index is -4.59. The molecule has 0 saturated carbocycles. The van der Waals surface area contributed by atoms with Gasteiger partial charge in [-0.05, 0) is 88.4 Å². The van der Waals surface area contributed by atoms with Crippen LogP contribution in [0, 0.1) is 5.92 Å². The second-order valence-electron chi connectivity index (χ2n) is 10.4. The van der Waals surface area contributed by atoms with Crippen LogP contribution >= 0.6 is 0 Å². The van der Waals surface area contributed by atoms with Crippen LogP contribution in [-0.4, -0.2) is 18.9 Å². The maximum absolute atomic E-state index is 13.8. The Morgan fingerprint density at radius 2 is 1.43 bits per heavy atom. The van der Waals surface area contributed by atoms with Gasteiger partial charge in [-0.1, -0.05) is 60.7 Å². The van der Waals surface area contributed by atoms with Gasteiger partial charge in [0.05, 0.1) is 10.8 Å². The molecule has 0 heterocycles. The van der Waals surface area contributed by atoms with Crippen molar-refractivity contribution in [2.75, 3.05) is 0 Å². The summed E-state index contributed by atoms with van der Waals surface area (Å²) in [5.74, 6) is -0.254. The monoisotopic (exact) mass is 509 g/mol. The van der Waals surface area contributed by atoms with E-state index in [0.29, 0.717) is 36.1 Å². The number of rotatable bonds is 3. The van der Waals surface area contributed by atoms with E-state index in [1.54, 1.807) is 0 Å². The summed E-state index contributed by atoms with van der Waals surface area (Å²) in [6.45, 7) is 0. The van der Waals surface area contributed by atoms with Gasteiger partial charge in [0, 0.05) is 11.8 Å². The Labute approximate surface area is 215 Å². The molecule has 6 heteroatoms. The second kappa shape index (κ2) is 8.27. The first-order chi connectivity index (χ1) is 17.9. The van der Waals surface area contributed by atoms with Crippen LogP contribution in [-0.2, 0) is 27.8 Å². The molecule has 4 aliphatic rings. The van der Waals surface area contributed by atoms with Gasteiger partial charge >= 0.3 is 5.97 Å². The van der Waals surface area contributed by atoms with Crippen molar-refractivity contribution >= 4 is 26.9 Å². The molecule has 186 valence electrons. The lowest BCUT2D eigenvalue weighted by Gasteiger charge is -2.44. The molecule has 0 radical (unpaired) electrons. The highest BCUT2D eigenvalue weighted by molar-refractivity contribution is 7.85. The number of esters is 1. The van der Waals surface area contributed by atoms with Gasteiger partial charge in [-0.25, -0.2) is 8.42 Å². The summed E-state index contributed by atoms with van der Waals surface area (Å²) < 4.78 is 41.6. The zero-order chi connectivity index (χ0) is 25.3. The van der Waals surface area contributed by atoms with Gasteiger partial charge in [-0.2, -0.15) is 0 Å². The Balaban J connectivity index is 1.30. The van der Waals surface area contributed by atoms with Crippen LogP contribution in [0.1, 0.15) is 64.5 Å². The summed E-state index contributed by atoms with van der Waals surface area (Å²) in [6.07, 6.45) is 3.43. The Kier molecular flexibility index (Phi) is 5.07. The summed E-state index contributed by atoms with van der Waals surface area (Å²) in [5, 5.41) is 2.35. The molecule has 0 amide bonds. The highest BCUT2D eigenvalue weighted by atomic mass is 32.2. The SMILES string of the molecule is O=C(Oc1ccc(S(=O)(=O)[O-])c2c1CCCC2)C1CC2c3ccccc3C1c1cc3ccccc3cc12. The van der Waals surface area contributed by atoms with E-state index >= 15 is 0 Å². The standard InChI is InChI=1S/C31H26O5S/c32-31(36-28-13-14-29(37(33,34)35)22-11-5-4-10-21(22)28)27-17-25-20-9-3-6-12-23(20)30(27)26-16-19-8-2-1-7-18(19)15-24(25)26/h1-3,6-9,12-16,25,27,30H,4-5,10-11,17H2,(H,33,34,35)/p-1. The van der Waals surface area contributed by atoms with Crippen molar-refractivity contribution in [1.29, 1.82) is 0 Å². The molecule has 4 aromatic rings. The minimum Gasteiger partial charge on any atom is -0.744 e. The van der Waals surface area contributed by atoms with Gasteiger partial charge in [0.1, 0.15) is 15.9 Å². The van der Waals surface area contributed by atoms with Crippen LogP contribution in [0.5, 0.6) is 5.75 Å². The topological polar surface area (TPSA) is 83.5 Å². The van der Waals surface area contributed by atoms with Crippen LogP contribution in [0.4, 0.5) is 0 Å². The highest BCUT2D eigenvalue weighted by Gasteiger charge is 2.47. The van der Waals surface area contributed by atoms with E-state index in [1.165, 1.54) is 39.8 Å². The van der Waals surface area contributed by atoms with E-state index in [0.717, 1.165) is 18.2 Å². The van der Waals surface area contributed by atoms with Crippen LogP contribution in [0.15, 0.2) is 77.7 Å². The first-order valence-electron chi connectivity index (χ1n) is 12.8. The largest absolute Gasteiger partial charge is 0.744 e. The predicted octanol–water partition coefficient (Wildman–Crippen LogP) is 5.83. The maximum atomic E-state index is 13.8. The Morgan fingerprint density at radius 3 is 2.16 bits per heavy atom. The van der Waals surface area contributed by atoms with Crippen molar-refractivity contribution in [3.8, 4) is 5.75 Å². The number of ether oxygens (including phenoxy) is 1. The fraction of sp³-hybridized carbons (Fsp3) is 0.258. The van der Waals surface area contributed by atoms with Crippen LogP contribution in [0.3, 0.4) is 0 Å². The average molecular weight is 510 g/mol. The molecule has 0 aromatic heterocycles. The molecule has 4 aromatic carbocycles. The van der Waals surface area contributed by atoms with Crippen molar-refractivity contribution < 1.29 is 22.5 Å². The van der Waals surface area contributed by atoms with Crippen LogP contribution < -0.4 is 4.74 Å². The Morgan fingerprint density at radius 1 is 0.784 bits per heavy atom. The summed E-state index contributed by atoms with van der Waals surface area (Å²) in [5.41, 5.74) is 6.13. The smallest absolute Gasteiger partial charge is 0.315 e. The van der Waals surface area contributed by atoms with Crippen molar-refractivity contribution in [3.05, 3.63) is 106 Å². The third-order valence-electron chi connectivity index (χ3n) is 8.49. The van der Waals surface area contributed by atoms with Gasteiger partial charge in [0.2, 0.25) is 0 Å². The quantitative estimate of drug-likeness (QED) is 0.197. The normalized spacial score (nSPS) is 21.7. The number of hydrogen-bond donors (Lipinski definition) is 0. The van der Waals surface area contributed by atoms with Crippen LogP contribution in [0.25, 0.3) is 10.8 Å². The summed E-state index contributed by atoms with van der Waals surface area (Å²) >= 11 is 0. The van der Waals surface area contributed by atoms with Gasteiger partial charge < -0.3 is 9.29 Å². The molecule has 2 bridgehead atoms. The molecule has 37 heavy (non-hydrogen) atoms. The van der Waals surface area contributed by atoms with Crippen molar-refractivity contribution in [1.82, 2.24) is 0 Å². The molecule has 0 spiro atoms. The summed E-state index contributed by atoms with van der Waals surface area (Å²) in [7, 11) is -4.59. The minimum absolute atomic E-state index is 0.106. The van der Waals surface area contributed by atoms with Gasteiger partial charge in [-0.15, -0.1) is 0 Å². The Hall–Kier alpha value is -3.48. The fourth-order valence-electron chi connectivity index (χ4n) is 6.92. The number of hydrogen-bond acceptors (Lipinski definition) is 5. The Bertz CT molecular complexity index is 1700. The van der Waals surface area contributed by atoms with E-state index in [1.807, 2.05) is 18.2 Å². The third-order valence-corrected chi connectivity index (χ3v) is 9.41. The molecule has 0 aliphatic heterocycles. The molecular formula is C31H25O5S-. The first kappa shape index (κ1) is 22.7. The van der Waals surface area contributed by atoms with Gasteiger partial charge in [-0.3, -0.25) is 4.79 Å². The molecule has 4 aliphatic carbocycles. The number of carbonyl (C=O) groups is 1. The predicted molar refractivity (Wildman–Crippen MR) is 139 cm³/mol. The fourth-order valence-corrected chi connectivity index (χ4v) is 7.68. The lowest BCUT2D eigenvalue weighted by atomic mass is 9.59. The first-order valence-corrected chi connectivity index (χ1v) is 14.2. The molecule has 0 fully saturated rings. The zero-order valence-electron chi connectivity index (χ0n) is 20.1. The average Bonchev–Trinajstić information content (AvgIpc) is 2.91. The summed E-state index contributed by atoms with van der Waals surface area (Å²) in [6, 6.07) is 24.0. The second-order valence-corrected chi connectivity index (χ2v) is 11.8. The summed E-state index contributed by atoms with van der Waals surface area (Å²) in [4.78, 5) is 13.6. The molecule has 0 N–H and O–H groups in total. The molecule has 3 unspecified atom stereocenters. The zero-order valence-corrected chi connectivity index (χ0v) is 21.0. The molecular weight excluding hydrogens is 484 g/mol. The number of fused-ring (bicyclic) bond motifs is 3. The van der Waals surface area contributed by atoms with Crippen molar-refractivity contribution in [3.63, 3.8) is 0 Å². The van der Waals surface area contributed by atoms with E-state index < -0.39 is 10.1 Å². The van der Waals surface area contributed by atoms with Gasteiger partial charge in [0.25, 0.3) is 0 Å². The number of benzene rings is 4. The van der Waals surface area contributed by atoms with E-state index in [-0.39, 0.29) is 28.6 Å². The van der Waals surface area contributed by atoms with Crippen LogP contribution in [0.2, 0.25) is 0 Å². The maximum Gasteiger partial charge on any atom is 0.315 e. The van der Waals surface area contributed by atoms with E-state index in [4.69, 9.17) is 4.74 Å². The molecule has 0 saturated heterocycles. The van der Waals surface area contributed by atoms with Gasteiger partial charge in [0.15, 0.2) is 0 Å². The molecule has 5 nitrogen and oxygen atoms in total. The van der Waals surface area contributed by atoms with E-state index in [9.17, 15) is 17.8 Å². The third kappa shape index (κ3) is 3.54. The molecule has 3 atom stereocenters.